The first kappa shape index (κ1) is 21.4. The molecule has 0 amide bonds. The molecule has 0 saturated heterocycles. The molecule has 2 aromatic heterocycles. The Morgan fingerprint density at radius 3 is 2.23 bits per heavy atom. The monoisotopic (exact) mass is 433 g/mol. The summed E-state index contributed by atoms with van der Waals surface area (Å²) in [4.78, 5) is 6.02. The van der Waals surface area contributed by atoms with E-state index in [2.05, 4.69) is 86.1 Å². The molecule has 0 unspecified atom stereocenters. The van der Waals surface area contributed by atoms with E-state index in [4.69, 9.17) is 9.72 Å². The Morgan fingerprint density at radius 2 is 1.61 bits per heavy atom. The minimum atomic E-state index is -0.100. The first-order valence-electron chi connectivity index (χ1n) is 10.6. The van der Waals surface area contributed by atoms with E-state index < -0.39 is 0 Å². The third kappa shape index (κ3) is 4.62. The smallest absolute Gasteiger partial charge is 0.196 e. The molecule has 0 aliphatic heterocycles. The van der Waals surface area contributed by atoms with Crippen LogP contribution in [0.25, 0.3) is 27.5 Å². The van der Waals surface area contributed by atoms with E-state index in [1.54, 1.807) is 18.4 Å². The molecule has 2 aromatic carbocycles. The third-order valence-electron chi connectivity index (χ3n) is 5.23. The molecule has 0 fully saturated rings. The lowest BCUT2D eigenvalue weighted by Crippen LogP contribution is -2.36. The van der Waals surface area contributed by atoms with Crippen LogP contribution in [0.3, 0.4) is 0 Å². The standard InChI is InChI=1S/C26H31N3OS/c1-25(2,3)17-26(4,5)28-23-22(19-10-8-7-9-11-19)27-24-29(23)21(16-31-24)18-12-14-20(30-6)15-13-18/h7-16,28H,17H2,1-6H3. The number of ether oxygens (including phenoxy) is 1. The van der Waals surface area contributed by atoms with E-state index in [1.165, 1.54) is 0 Å². The second-order valence-electron chi connectivity index (χ2n) is 9.89. The Labute approximate surface area is 188 Å². The molecule has 0 radical (unpaired) electrons. The van der Waals surface area contributed by atoms with Gasteiger partial charge in [-0.15, -0.1) is 11.3 Å². The van der Waals surface area contributed by atoms with Gasteiger partial charge >= 0.3 is 0 Å². The Bertz CT molecular complexity index is 1170. The summed E-state index contributed by atoms with van der Waals surface area (Å²) in [6, 6.07) is 18.6. The molecule has 5 heteroatoms. The van der Waals surface area contributed by atoms with Crippen molar-refractivity contribution in [2.24, 2.45) is 5.41 Å². The Kier molecular flexibility index (Phi) is 5.56. The fourth-order valence-corrected chi connectivity index (χ4v) is 5.32. The fraction of sp³-hybridized carbons (Fsp3) is 0.346. The van der Waals surface area contributed by atoms with Crippen LogP contribution in [0, 0.1) is 5.41 Å². The number of fused-ring (bicyclic) bond motifs is 1. The van der Waals surface area contributed by atoms with Crippen LogP contribution in [0.5, 0.6) is 5.75 Å². The molecule has 0 spiro atoms. The largest absolute Gasteiger partial charge is 0.497 e. The number of rotatable bonds is 6. The first-order valence-corrected chi connectivity index (χ1v) is 11.5. The van der Waals surface area contributed by atoms with Gasteiger partial charge in [-0.1, -0.05) is 51.1 Å². The minimum Gasteiger partial charge on any atom is -0.497 e. The zero-order valence-electron chi connectivity index (χ0n) is 19.2. The van der Waals surface area contributed by atoms with Gasteiger partial charge < -0.3 is 10.1 Å². The van der Waals surface area contributed by atoms with E-state index in [0.29, 0.717) is 0 Å². The van der Waals surface area contributed by atoms with Crippen molar-refractivity contribution in [2.75, 3.05) is 12.4 Å². The Hall–Kier alpha value is -2.79. The number of nitrogens with zero attached hydrogens (tertiary/aromatic N) is 2. The van der Waals surface area contributed by atoms with Crippen molar-refractivity contribution in [1.29, 1.82) is 0 Å². The summed E-state index contributed by atoms with van der Waals surface area (Å²) >= 11 is 1.67. The molecule has 4 nitrogen and oxygen atoms in total. The highest BCUT2D eigenvalue weighted by atomic mass is 32.1. The van der Waals surface area contributed by atoms with E-state index in [-0.39, 0.29) is 11.0 Å². The number of hydrogen-bond donors (Lipinski definition) is 1. The second-order valence-corrected chi connectivity index (χ2v) is 10.7. The van der Waals surface area contributed by atoms with Crippen LogP contribution in [0.2, 0.25) is 0 Å². The molecular weight excluding hydrogens is 402 g/mol. The molecule has 0 atom stereocenters. The van der Waals surface area contributed by atoms with Gasteiger partial charge in [-0.25, -0.2) is 4.98 Å². The molecule has 0 aliphatic carbocycles. The van der Waals surface area contributed by atoms with Crippen molar-refractivity contribution >= 4 is 22.1 Å². The van der Waals surface area contributed by atoms with E-state index in [0.717, 1.165) is 45.5 Å². The normalized spacial score (nSPS) is 12.3. The average molecular weight is 434 g/mol. The zero-order valence-corrected chi connectivity index (χ0v) is 20.0. The Balaban J connectivity index is 1.88. The number of thiazole rings is 1. The van der Waals surface area contributed by atoms with Crippen molar-refractivity contribution in [3.63, 3.8) is 0 Å². The maximum Gasteiger partial charge on any atom is 0.196 e. The highest BCUT2D eigenvalue weighted by Gasteiger charge is 2.29. The Morgan fingerprint density at radius 1 is 0.935 bits per heavy atom. The maximum atomic E-state index is 5.34. The van der Waals surface area contributed by atoms with Gasteiger partial charge in [0.1, 0.15) is 17.3 Å². The molecule has 162 valence electrons. The number of imidazole rings is 1. The van der Waals surface area contributed by atoms with Gasteiger partial charge in [0.05, 0.1) is 12.8 Å². The van der Waals surface area contributed by atoms with Crippen molar-refractivity contribution < 1.29 is 4.74 Å². The van der Waals surface area contributed by atoms with Crippen LogP contribution < -0.4 is 10.1 Å². The van der Waals surface area contributed by atoms with Gasteiger partial charge in [0, 0.05) is 16.5 Å². The van der Waals surface area contributed by atoms with Crippen LogP contribution in [-0.2, 0) is 0 Å². The zero-order chi connectivity index (χ0) is 22.2. The SMILES string of the molecule is COc1ccc(-c2csc3nc(-c4ccccc4)c(NC(C)(C)CC(C)(C)C)n23)cc1. The van der Waals surface area contributed by atoms with Crippen LogP contribution in [0.4, 0.5) is 5.82 Å². The first-order chi connectivity index (χ1) is 14.7. The van der Waals surface area contributed by atoms with Gasteiger partial charge in [-0.3, -0.25) is 4.40 Å². The highest BCUT2D eigenvalue weighted by molar-refractivity contribution is 7.15. The number of benzene rings is 2. The summed E-state index contributed by atoms with van der Waals surface area (Å²) in [5.41, 5.74) is 4.49. The van der Waals surface area contributed by atoms with Crippen LogP contribution in [-0.4, -0.2) is 22.0 Å². The molecule has 0 aliphatic rings. The molecule has 2 heterocycles. The summed E-state index contributed by atoms with van der Waals surface area (Å²) in [5, 5.41) is 6.05. The van der Waals surface area contributed by atoms with Crippen molar-refractivity contribution in [2.45, 2.75) is 46.6 Å². The average Bonchev–Trinajstić information content (AvgIpc) is 3.27. The lowest BCUT2D eigenvalue weighted by molar-refractivity contribution is 0.302. The molecule has 0 bridgehead atoms. The molecule has 31 heavy (non-hydrogen) atoms. The number of nitrogens with one attached hydrogen (secondary N) is 1. The summed E-state index contributed by atoms with van der Waals surface area (Å²) < 4.78 is 7.61. The summed E-state index contributed by atoms with van der Waals surface area (Å²) in [6.45, 7) is 11.4. The number of methoxy groups -OCH3 is 1. The predicted molar refractivity (Wildman–Crippen MR) is 132 cm³/mol. The molecule has 4 rings (SSSR count). The number of hydrogen-bond acceptors (Lipinski definition) is 4. The lowest BCUT2D eigenvalue weighted by Gasteiger charge is -2.34. The van der Waals surface area contributed by atoms with Crippen LogP contribution in [0.15, 0.2) is 60.0 Å². The summed E-state index contributed by atoms with van der Waals surface area (Å²) in [7, 11) is 1.69. The number of aromatic nitrogens is 2. The topological polar surface area (TPSA) is 38.6 Å². The third-order valence-corrected chi connectivity index (χ3v) is 6.05. The van der Waals surface area contributed by atoms with Gasteiger partial charge in [0.25, 0.3) is 0 Å². The van der Waals surface area contributed by atoms with Gasteiger partial charge in [0.15, 0.2) is 4.96 Å². The maximum absolute atomic E-state index is 5.34. The lowest BCUT2D eigenvalue weighted by atomic mass is 9.82. The van der Waals surface area contributed by atoms with Gasteiger partial charge in [-0.05, 0) is 55.5 Å². The van der Waals surface area contributed by atoms with Gasteiger partial charge in [0.2, 0.25) is 0 Å². The molecule has 0 saturated carbocycles. The molecule has 1 N–H and O–H groups in total. The van der Waals surface area contributed by atoms with Crippen LogP contribution >= 0.6 is 11.3 Å². The summed E-state index contributed by atoms with van der Waals surface area (Å²) in [6.07, 6.45) is 1.03. The second kappa shape index (κ2) is 8.04. The van der Waals surface area contributed by atoms with Crippen molar-refractivity contribution in [3.05, 3.63) is 60.0 Å². The number of anilines is 1. The quantitative estimate of drug-likeness (QED) is 0.345. The van der Waals surface area contributed by atoms with E-state index >= 15 is 0 Å². The van der Waals surface area contributed by atoms with E-state index in [1.807, 2.05) is 18.2 Å². The van der Waals surface area contributed by atoms with Crippen molar-refractivity contribution in [3.8, 4) is 28.3 Å². The molecular formula is C26H31N3OS. The highest BCUT2D eigenvalue weighted by Crippen LogP contribution is 2.39. The van der Waals surface area contributed by atoms with Crippen LogP contribution in [0.1, 0.15) is 41.0 Å². The van der Waals surface area contributed by atoms with Crippen molar-refractivity contribution in [1.82, 2.24) is 9.38 Å². The van der Waals surface area contributed by atoms with Gasteiger partial charge in [-0.2, -0.15) is 0 Å². The predicted octanol–water partition coefficient (Wildman–Crippen LogP) is 7.37. The van der Waals surface area contributed by atoms with E-state index in [9.17, 15) is 0 Å². The fourth-order valence-electron chi connectivity index (χ4n) is 4.43. The minimum absolute atomic E-state index is 0.100. The molecule has 4 aromatic rings. The summed E-state index contributed by atoms with van der Waals surface area (Å²) in [5.74, 6) is 1.90.